The van der Waals surface area contributed by atoms with Crippen molar-refractivity contribution in [2.45, 2.75) is 45.3 Å². The fourth-order valence-corrected chi connectivity index (χ4v) is 3.14. The molecule has 1 aromatic heterocycles. The summed E-state index contributed by atoms with van der Waals surface area (Å²) in [4.78, 5) is 7.35. The van der Waals surface area contributed by atoms with Crippen LogP contribution < -0.4 is 10.6 Å². The molecule has 0 radical (unpaired) electrons. The van der Waals surface area contributed by atoms with E-state index in [2.05, 4.69) is 34.5 Å². The molecule has 0 aromatic carbocycles. The van der Waals surface area contributed by atoms with E-state index in [1.54, 1.807) is 0 Å². The van der Waals surface area contributed by atoms with Gasteiger partial charge < -0.3 is 10.6 Å². The maximum Gasteiger partial charge on any atom is 0.191 e. The van der Waals surface area contributed by atoms with E-state index >= 15 is 0 Å². The third-order valence-electron chi connectivity index (χ3n) is 4.69. The molecule has 1 aliphatic carbocycles. The van der Waals surface area contributed by atoms with E-state index in [-0.39, 0.29) is 24.0 Å². The molecule has 0 spiro atoms. The summed E-state index contributed by atoms with van der Waals surface area (Å²) in [6, 6.07) is 3.35. The highest BCUT2D eigenvalue weighted by Gasteiger charge is 2.38. The highest BCUT2D eigenvalue weighted by molar-refractivity contribution is 14.0. The molecule has 2 aliphatic rings. The fourth-order valence-electron chi connectivity index (χ4n) is 3.14. The van der Waals surface area contributed by atoms with E-state index in [0.29, 0.717) is 18.5 Å². The van der Waals surface area contributed by atoms with E-state index < -0.39 is 0 Å². The number of aromatic nitrogens is 2. The van der Waals surface area contributed by atoms with Crippen LogP contribution in [0, 0.1) is 5.92 Å². The quantitative estimate of drug-likeness (QED) is 0.422. The third kappa shape index (κ3) is 4.82. The molecule has 2 fully saturated rings. The van der Waals surface area contributed by atoms with Crippen molar-refractivity contribution in [2.75, 3.05) is 19.6 Å². The fraction of sp³-hybridized carbons (Fsp3) is 0.750. The number of aliphatic imine (C=N–C) groups is 1. The molecule has 0 bridgehead atoms. The van der Waals surface area contributed by atoms with Gasteiger partial charge in [0.05, 0.1) is 12.2 Å². The Bertz CT molecular complexity index is 524. The van der Waals surface area contributed by atoms with E-state index in [1.807, 2.05) is 24.0 Å². The van der Waals surface area contributed by atoms with E-state index in [4.69, 9.17) is 4.99 Å². The van der Waals surface area contributed by atoms with Crippen LogP contribution in [0.2, 0.25) is 0 Å². The van der Waals surface area contributed by atoms with Gasteiger partial charge in [0, 0.05) is 45.0 Å². The van der Waals surface area contributed by atoms with Gasteiger partial charge in [0.25, 0.3) is 0 Å². The van der Waals surface area contributed by atoms with Crippen molar-refractivity contribution in [1.29, 1.82) is 0 Å². The third-order valence-corrected chi connectivity index (χ3v) is 4.69. The van der Waals surface area contributed by atoms with Gasteiger partial charge in [-0.3, -0.25) is 9.58 Å². The SMILES string of the molecule is CCNC(=NCc1ccnn1C)NC1CN(C2CC2)CC1C.I. The predicted octanol–water partition coefficient (Wildman–Crippen LogP) is 1.58. The standard InChI is InChI=1S/C16H28N6.HI/c1-4-17-16(18-9-14-7-8-19-21(14)3)20-15-11-22(10-12(15)2)13-5-6-13;/h7-8,12-13,15H,4-6,9-11H2,1-3H3,(H2,17,18,20);1H. The average molecular weight is 432 g/mol. The van der Waals surface area contributed by atoms with Gasteiger partial charge in [-0.25, -0.2) is 4.99 Å². The Balaban J connectivity index is 0.00000192. The smallest absolute Gasteiger partial charge is 0.191 e. The maximum absolute atomic E-state index is 4.72. The number of rotatable bonds is 5. The summed E-state index contributed by atoms with van der Waals surface area (Å²) in [6.07, 6.45) is 4.58. The van der Waals surface area contributed by atoms with Crippen molar-refractivity contribution < 1.29 is 0 Å². The van der Waals surface area contributed by atoms with Crippen LogP contribution in [0.4, 0.5) is 0 Å². The molecule has 1 saturated heterocycles. The second kappa shape index (κ2) is 8.32. The number of nitrogens with zero attached hydrogens (tertiary/aromatic N) is 4. The topological polar surface area (TPSA) is 57.5 Å². The number of halogens is 1. The van der Waals surface area contributed by atoms with Gasteiger partial charge in [-0.2, -0.15) is 5.10 Å². The lowest BCUT2D eigenvalue weighted by Gasteiger charge is -2.20. The molecule has 1 saturated carbocycles. The molecule has 1 aliphatic heterocycles. The zero-order valence-corrected chi connectivity index (χ0v) is 16.7. The molecule has 2 atom stereocenters. The minimum atomic E-state index is 0. The lowest BCUT2D eigenvalue weighted by atomic mass is 10.1. The highest BCUT2D eigenvalue weighted by atomic mass is 127. The van der Waals surface area contributed by atoms with Crippen molar-refractivity contribution in [3.63, 3.8) is 0 Å². The monoisotopic (exact) mass is 432 g/mol. The van der Waals surface area contributed by atoms with Gasteiger partial charge in [-0.15, -0.1) is 24.0 Å². The summed E-state index contributed by atoms with van der Waals surface area (Å²) in [7, 11) is 1.96. The Labute approximate surface area is 156 Å². The van der Waals surface area contributed by atoms with Gasteiger partial charge in [0.15, 0.2) is 5.96 Å². The van der Waals surface area contributed by atoms with Crippen molar-refractivity contribution in [3.8, 4) is 0 Å². The molecule has 2 N–H and O–H groups in total. The predicted molar refractivity (Wildman–Crippen MR) is 104 cm³/mol. The largest absolute Gasteiger partial charge is 0.357 e. The summed E-state index contributed by atoms with van der Waals surface area (Å²) >= 11 is 0. The van der Waals surface area contributed by atoms with Gasteiger partial charge in [-0.1, -0.05) is 6.92 Å². The second-order valence-electron chi connectivity index (χ2n) is 6.55. The first-order chi connectivity index (χ1) is 10.7. The lowest BCUT2D eigenvalue weighted by molar-refractivity contribution is 0.315. The van der Waals surface area contributed by atoms with Crippen LogP contribution in [0.3, 0.4) is 0 Å². The molecule has 130 valence electrons. The molecule has 3 rings (SSSR count). The van der Waals surface area contributed by atoms with Crippen LogP contribution in [0.15, 0.2) is 17.3 Å². The Morgan fingerprint density at radius 1 is 1.39 bits per heavy atom. The highest BCUT2D eigenvalue weighted by Crippen LogP contribution is 2.31. The van der Waals surface area contributed by atoms with Crippen LogP contribution in [0.25, 0.3) is 0 Å². The minimum absolute atomic E-state index is 0. The first-order valence-electron chi connectivity index (χ1n) is 8.43. The molecule has 2 unspecified atom stereocenters. The first-order valence-corrected chi connectivity index (χ1v) is 8.43. The van der Waals surface area contributed by atoms with Gasteiger partial charge >= 0.3 is 0 Å². The Hall–Kier alpha value is -0.830. The van der Waals surface area contributed by atoms with Crippen LogP contribution in [0.5, 0.6) is 0 Å². The number of guanidine groups is 1. The second-order valence-corrected chi connectivity index (χ2v) is 6.55. The van der Waals surface area contributed by atoms with E-state index in [0.717, 1.165) is 30.8 Å². The average Bonchev–Trinajstić information content (AvgIpc) is 3.17. The summed E-state index contributed by atoms with van der Waals surface area (Å²) in [5.74, 6) is 1.58. The number of aryl methyl sites for hydroxylation is 1. The minimum Gasteiger partial charge on any atom is -0.357 e. The Kier molecular flexibility index (Phi) is 6.70. The van der Waals surface area contributed by atoms with Crippen molar-refractivity contribution >= 4 is 29.9 Å². The van der Waals surface area contributed by atoms with E-state index in [1.165, 1.54) is 19.4 Å². The zero-order valence-electron chi connectivity index (χ0n) is 14.3. The summed E-state index contributed by atoms with van der Waals surface area (Å²) < 4.78 is 1.88. The molecule has 6 nitrogen and oxygen atoms in total. The number of hydrogen-bond acceptors (Lipinski definition) is 3. The summed E-state index contributed by atoms with van der Waals surface area (Å²) in [5.41, 5.74) is 1.12. The van der Waals surface area contributed by atoms with Crippen LogP contribution >= 0.6 is 24.0 Å². The molecular formula is C16H29IN6. The lowest BCUT2D eigenvalue weighted by Crippen LogP contribution is -2.46. The summed E-state index contributed by atoms with van der Waals surface area (Å²) in [6.45, 7) is 8.33. The van der Waals surface area contributed by atoms with E-state index in [9.17, 15) is 0 Å². The van der Waals surface area contributed by atoms with Crippen LogP contribution in [-0.2, 0) is 13.6 Å². The molecule has 23 heavy (non-hydrogen) atoms. The molecular weight excluding hydrogens is 403 g/mol. The first kappa shape index (κ1) is 18.5. The Morgan fingerprint density at radius 2 is 2.17 bits per heavy atom. The molecule has 0 amide bonds. The molecule has 7 heteroatoms. The van der Waals surface area contributed by atoms with Crippen molar-refractivity contribution in [2.24, 2.45) is 18.0 Å². The Morgan fingerprint density at radius 3 is 2.78 bits per heavy atom. The number of hydrogen-bond donors (Lipinski definition) is 2. The molecule has 2 heterocycles. The van der Waals surface area contributed by atoms with Crippen LogP contribution in [-0.4, -0.2) is 52.4 Å². The zero-order chi connectivity index (χ0) is 15.5. The van der Waals surface area contributed by atoms with Gasteiger partial charge in [0.2, 0.25) is 0 Å². The van der Waals surface area contributed by atoms with Crippen molar-refractivity contribution in [3.05, 3.63) is 18.0 Å². The normalized spacial score (nSPS) is 25.3. The number of nitrogens with one attached hydrogen (secondary N) is 2. The van der Waals surface area contributed by atoms with Gasteiger partial charge in [0.1, 0.15) is 0 Å². The van der Waals surface area contributed by atoms with Crippen molar-refractivity contribution in [1.82, 2.24) is 25.3 Å². The summed E-state index contributed by atoms with van der Waals surface area (Å²) in [5, 5.41) is 11.2. The molecule has 1 aromatic rings. The van der Waals surface area contributed by atoms with Gasteiger partial charge in [-0.05, 0) is 31.7 Å². The number of likely N-dealkylation sites (tertiary alicyclic amines) is 1. The van der Waals surface area contributed by atoms with Crippen LogP contribution in [0.1, 0.15) is 32.4 Å². The maximum atomic E-state index is 4.72.